The summed E-state index contributed by atoms with van der Waals surface area (Å²) < 4.78 is 0. The molecule has 0 atom stereocenters. The van der Waals surface area contributed by atoms with Gasteiger partial charge in [-0.2, -0.15) is 0 Å². The van der Waals surface area contributed by atoms with Crippen LogP contribution in [0.15, 0.2) is 6.07 Å². The smallest absolute Gasteiger partial charge is 0.131 e. The van der Waals surface area contributed by atoms with Crippen molar-refractivity contribution in [2.75, 3.05) is 30.3 Å². The van der Waals surface area contributed by atoms with E-state index >= 15 is 0 Å². The molecule has 16 heavy (non-hydrogen) atoms. The van der Waals surface area contributed by atoms with E-state index in [9.17, 15) is 0 Å². The second-order valence-corrected chi connectivity index (χ2v) is 3.68. The van der Waals surface area contributed by atoms with Crippen molar-refractivity contribution in [3.05, 3.63) is 11.9 Å². The van der Waals surface area contributed by atoms with Crippen LogP contribution in [0.3, 0.4) is 0 Å². The summed E-state index contributed by atoms with van der Waals surface area (Å²) in [6.45, 7) is 6.33. The van der Waals surface area contributed by atoms with Crippen molar-refractivity contribution in [2.24, 2.45) is 5.73 Å². The maximum absolute atomic E-state index is 5.43. The Kier molecular flexibility index (Phi) is 5.56. The Morgan fingerprint density at radius 1 is 1.19 bits per heavy atom. The number of aryl methyl sites for hydroxylation is 1. The van der Waals surface area contributed by atoms with Gasteiger partial charge in [0.1, 0.15) is 17.5 Å². The van der Waals surface area contributed by atoms with Crippen LogP contribution in [0.25, 0.3) is 0 Å². The fraction of sp³-hybridized carbons (Fsp3) is 0.636. The third-order valence-corrected chi connectivity index (χ3v) is 2.12. The molecule has 1 aromatic rings. The molecule has 0 fully saturated rings. The van der Waals surface area contributed by atoms with Crippen LogP contribution in [-0.4, -0.2) is 29.6 Å². The Labute approximate surface area is 96.9 Å². The number of hydrogen-bond acceptors (Lipinski definition) is 5. The van der Waals surface area contributed by atoms with Gasteiger partial charge in [0.05, 0.1) is 0 Å². The van der Waals surface area contributed by atoms with Gasteiger partial charge in [0.15, 0.2) is 0 Å². The molecule has 90 valence electrons. The molecule has 0 aliphatic rings. The number of nitrogens with one attached hydrogen (secondary N) is 2. The van der Waals surface area contributed by atoms with Gasteiger partial charge < -0.3 is 16.4 Å². The van der Waals surface area contributed by atoms with Gasteiger partial charge in [-0.3, -0.25) is 0 Å². The standard InChI is InChI=1S/C11H21N5/c1-3-4-6-13-10-8-11(14-7-5-12)16-9(2)15-10/h8H,3-7,12H2,1-2H3,(H2,13,14,15,16). The second kappa shape index (κ2) is 7.00. The first-order valence-electron chi connectivity index (χ1n) is 5.79. The third-order valence-electron chi connectivity index (χ3n) is 2.12. The number of aromatic nitrogens is 2. The Balaban J connectivity index is 2.58. The summed E-state index contributed by atoms with van der Waals surface area (Å²) in [5.74, 6) is 2.47. The van der Waals surface area contributed by atoms with E-state index < -0.39 is 0 Å². The highest BCUT2D eigenvalue weighted by atomic mass is 15.1. The zero-order chi connectivity index (χ0) is 11.8. The van der Waals surface area contributed by atoms with Crippen LogP contribution in [0, 0.1) is 6.92 Å². The van der Waals surface area contributed by atoms with Gasteiger partial charge in [-0.05, 0) is 13.3 Å². The third kappa shape index (κ3) is 4.44. The molecule has 1 heterocycles. The molecule has 0 saturated heterocycles. The van der Waals surface area contributed by atoms with Crippen LogP contribution >= 0.6 is 0 Å². The molecule has 1 rings (SSSR count). The quantitative estimate of drug-likeness (QED) is 0.609. The molecule has 5 nitrogen and oxygen atoms in total. The SMILES string of the molecule is CCCCNc1cc(NCCN)nc(C)n1. The Bertz CT molecular complexity index is 313. The first kappa shape index (κ1) is 12.7. The summed E-state index contributed by atoms with van der Waals surface area (Å²) in [6, 6.07) is 1.92. The maximum atomic E-state index is 5.43. The maximum Gasteiger partial charge on any atom is 0.131 e. The lowest BCUT2D eigenvalue weighted by Gasteiger charge is -2.09. The summed E-state index contributed by atoms with van der Waals surface area (Å²) in [4.78, 5) is 8.60. The highest BCUT2D eigenvalue weighted by Crippen LogP contribution is 2.10. The fourth-order valence-electron chi connectivity index (χ4n) is 1.34. The minimum Gasteiger partial charge on any atom is -0.370 e. The van der Waals surface area contributed by atoms with Gasteiger partial charge >= 0.3 is 0 Å². The van der Waals surface area contributed by atoms with Gasteiger partial charge in [-0.1, -0.05) is 13.3 Å². The minimum atomic E-state index is 0.599. The molecular weight excluding hydrogens is 202 g/mol. The average Bonchev–Trinajstić information content (AvgIpc) is 2.26. The Hall–Kier alpha value is -1.36. The summed E-state index contributed by atoms with van der Waals surface area (Å²) in [6.07, 6.45) is 2.32. The molecule has 0 unspecified atom stereocenters. The topological polar surface area (TPSA) is 75.9 Å². The lowest BCUT2D eigenvalue weighted by molar-refractivity contribution is 0.829. The highest BCUT2D eigenvalue weighted by molar-refractivity contribution is 5.47. The average molecular weight is 223 g/mol. The van der Waals surface area contributed by atoms with E-state index in [1.54, 1.807) is 0 Å². The van der Waals surface area contributed by atoms with E-state index in [-0.39, 0.29) is 0 Å². The molecule has 1 aromatic heterocycles. The summed E-state index contributed by atoms with van der Waals surface area (Å²) in [7, 11) is 0. The molecule has 0 saturated carbocycles. The van der Waals surface area contributed by atoms with Crippen LogP contribution in [-0.2, 0) is 0 Å². The van der Waals surface area contributed by atoms with Crippen LogP contribution in [0.4, 0.5) is 11.6 Å². The van der Waals surface area contributed by atoms with Crippen molar-refractivity contribution in [1.29, 1.82) is 0 Å². The number of nitrogens with two attached hydrogens (primary N) is 1. The lowest BCUT2D eigenvalue weighted by atomic mass is 10.3. The summed E-state index contributed by atoms with van der Waals surface area (Å²) in [5, 5.41) is 6.43. The summed E-state index contributed by atoms with van der Waals surface area (Å²) in [5.41, 5.74) is 5.43. The predicted molar refractivity (Wildman–Crippen MR) is 67.7 cm³/mol. The number of rotatable bonds is 7. The Morgan fingerprint density at radius 2 is 1.81 bits per heavy atom. The van der Waals surface area contributed by atoms with Gasteiger partial charge in [0, 0.05) is 25.7 Å². The largest absolute Gasteiger partial charge is 0.370 e. The molecule has 0 amide bonds. The first-order valence-corrected chi connectivity index (χ1v) is 5.79. The number of anilines is 2. The van der Waals surface area contributed by atoms with Gasteiger partial charge in [0.25, 0.3) is 0 Å². The lowest BCUT2D eigenvalue weighted by Crippen LogP contribution is -2.15. The normalized spacial score (nSPS) is 10.2. The summed E-state index contributed by atoms with van der Waals surface area (Å²) >= 11 is 0. The molecule has 0 aliphatic carbocycles. The number of nitrogens with zero attached hydrogens (tertiary/aromatic N) is 2. The van der Waals surface area contributed by atoms with E-state index in [4.69, 9.17) is 5.73 Å². The molecule has 4 N–H and O–H groups in total. The van der Waals surface area contributed by atoms with Crippen molar-refractivity contribution in [2.45, 2.75) is 26.7 Å². The van der Waals surface area contributed by atoms with Crippen molar-refractivity contribution in [3.63, 3.8) is 0 Å². The first-order chi connectivity index (χ1) is 7.76. The van der Waals surface area contributed by atoms with E-state index in [1.165, 1.54) is 6.42 Å². The van der Waals surface area contributed by atoms with E-state index in [0.717, 1.165) is 37.0 Å². The molecule has 0 aromatic carbocycles. The molecule has 0 spiro atoms. The van der Waals surface area contributed by atoms with Crippen molar-refractivity contribution in [1.82, 2.24) is 9.97 Å². The van der Waals surface area contributed by atoms with Gasteiger partial charge in [0.2, 0.25) is 0 Å². The number of unbranched alkanes of at least 4 members (excludes halogenated alkanes) is 1. The van der Waals surface area contributed by atoms with Crippen LogP contribution < -0.4 is 16.4 Å². The van der Waals surface area contributed by atoms with E-state index in [0.29, 0.717) is 6.54 Å². The van der Waals surface area contributed by atoms with Gasteiger partial charge in [-0.15, -0.1) is 0 Å². The van der Waals surface area contributed by atoms with E-state index in [2.05, 4.69) is 27.5 Å². The zero-order valence-electron chi connectivity index (χ0n) is 10.1. The fourth-order valence-corrected chi connectivity index (χ4v) is 1.34. The van der Waals surface area contributed by atoms with Crippen LogP contribution in [0.5, 0.6) is 0 Å². The van der Waals surface area contributed by atoms with Crippen LogP contribution in [0.1, 0.15) is 25.6 Å². The molecule has 0 bridgehead atoms. The molecule has 5 heteroatoms. The molecule has 0 radical (unpaired) electrons. The highest BCUT2D eigenvalue weighted by Gasteiger charge is 2.00. The monoisotopic (exact) mass is 223 g/mol. The van der Waals surface area contributed by atoms with Crippen LogP contribution in [0.2, 0.25) is 0 Å². The molecular formula is C11H21N5. The minimum absolute atomic E-state index is 0.599. The number of hydrogen-bond donors (Lipinski definition) is 3. The van der Waals surface area contributed by atoms with Crippen molar-refractivity contribution < 1.29 is 0 Å². The van der Waals surface area contributed by atoms with E-state index in [1.807, 2.05) is 13.0 Å². The van der Waals surface area contributed by atoms with Crippen molar-refractivity contribution in [3.8, 4) is 0 Å². The Morgan fingerprint density at radius 3 is 2.38 bits per heavy atom. The predicted octanol–water partition coefficient (Wildman–Crippen LogP) is 1.37. The van der Waals surface area contributed by atoms with Gasteiger partial charge in [-0.25, -0.2) is 9.97 Å². The molecule has 0 aliphatic heterocycles. The second-order valence-electron chi connectivity index (χ2n) is 3.68. The zero-order valence-corrected chi connectivity index (χ0v) is 10.1. The van der Waals surface area contributed by atoms with Crippen molar-refractivity contribution >= 4 is 11.6 Å².